The number of benzene rings is 1. The number of hydrogen-bond donors (Lipinski definition) is 1. The van der Waals surface area contributed by atoms with Crippen molar-refractivity contribution in [2.75, 3.05) is 4.72 Å². The number of thiazole rings is 1. The summed E-state index contributed by atoms with van der Waals surface area (Å²) in [7, 11) is -3.94. The van der Waals surface area contributed by atoms with E-state index < -0.39 is 21.7 Å². The number of aromatic nitrogens is 1. The van der Waals surface area contributed by atoms with E-state index in [-0.39, 0.29) is 14.4 Å². The molecule has 1 N–H and O–H groups in total. The Hall–Kier alpha value is -1.25. The van der Waals surface area contributed by atoms with Gasteiger partial charge >= 0.3 is 0 Å². The van der Waals surface area contributed by atoms with Crippen molar-refractivity contribution >= 4 is 38.6 Å². The smallest absolute Gasteiger partial charge is 0.273 e. The van der Waals surface area contributed by atoms with Crippen molar-refractivity contribution in [3.05, 3.63) is 40.5 Å². The van der Waals surface area contributed by atoms with Crippen LogP contribution in [0.25, 0.3) is 0 Å². The lowest BCUT2D eigenvalue weighted by atomic mass is 10.3. The van der Waals surface area contributed by atoms with E-state index in [9.17, 15) is 17.2 Å². The maximum atomic E-state index is 12.9. The number of nitrogens with one attached hydrogen (secondary N) is 1. The van der Waals surface area contributed by atoms with Gasteiger partial charge in [0.2, 0.25) is 0 Å². The first-order valence-electron chi connectivity index (χ1n) is 4.47. The van der Waals surface area contributed by atoms with E-state index in [1.54, 1.807) is 0 Å². The van der Waals surface area contributed by atoms with E-state index >= 15 is 0 Å². The van der Waals surface area contributed by atoms with E-state index in [2.05, 4.69) is 4.98 Å². The highest BCUT2D eigenvalue weighted by molar-refractivity contribution is 7.94. The van der Waals surface area contributed by atoms with Crippen LogP contribution in [-0.4, -0.2) is 13.4 Å². The molecule has 0 aliphatic rings. The summed E-state index contributed by atoms with van der Waals surface area (Å²) in [6, 6.07) is 2.37. The van der Waals surface area contributed by atoms with Crippen molar-refractivity contribution in [3.8, 4) is 0 Å². The van der Waals surface area contributed by atoms with Crippen LogP contribution in [0.4, 0.5) is 14.5 Å². The minimum absolute atomic E-state index is 0.0563. The van der Waals surface area contributed by atoms with Crippen LogP contribution in [0, 0.1) is 11.6 Å². The maximum absolute atomic E-state index is 12.9. The van der Waals surface area contributed by atoms with Crippen LogP contribution in [0.1, 0.15) is 0 Å². The zero-order valence-corrected chi connectivity index (χ0v) is 10.9. The molecule has 0 spiro atoms. The third-order valence-electron chi connectivity index (χ3n) is 1.84. The largest absolute Gasteiger partial charge is 0.279 e. The molecule has 96 valence electrons. The molecule has 0 amide bonds. The highest BCUT2D eigenvalue weighted by Gasteiger charge is 2.18. The summed E-state index contributed by atoms with van der Waals surface area (Å²) in [5.41, 5.74) is -0.211. The van der Waals surface area contributed by atoms with Crippen LogP contribution in [0.5, 0.6) is 0 Å². The molecule has 0 aliphatic heterocycles. The molecule has 0 fully saturated rings. The monoisotopic (exact) mass is 310 g/mol. The summed E-state index contributed by atoms with van der Waals surface area (Å²) in [6.45, 7) is 0. The molecule has 0 radical (unpaired) electrons. The van der Waals surface area contributed by atoms with Crippen molar-refractivity contribution in [1.29, 1.82) is 0 Å². The first-order valence-corrected chi connectivity index (χ1v) is 7.15. The number of sulfonamides is 1. The lowest BCUT2D eigenvalue weighted by Crippen LogP contribution is -2.11. The van der Waals surface area contributed by atoms with Gasteiger partial charge in [-0.05, 0) is 12.1 Å². The van der Waals surface area contributed by atoms with Gasteiger partial charge in [0.25, 0.3) is 10.0 Å². The molecule has 0 unspecified atom stereocenters. The second-order valence-electron chi connectivity index (χ2n) is 3.20. The molecule has 4 nitrogen and oxygen atoms in total. The Bertz CT molecular complexity index is 667. The molecule has 1 aromatic heterocycles. The van der Waals surface area contributed by atoms with Gasteiger partial charge in [0, 0.05) is 6.07 Å². The predicted octanol–water partition coefficient (Wildman–Crippen LogP) is 2.88. The maximum Gasteiger partial charge on any atom is 0.273 e. The number of anilines is 1. The highest BCUT2D eigenvalue weighted by atomic mass is 35.5. The molecular weight excluding hydrogens is 306 g/mol. The molecule has 1 heterocycles. The standard InChI is InChI=1S/C9H5ClF2N2O2S2/c10-9-13-4-8(17-9)18(15,16)14-7-2-5(11)1-6(12)3-7/h1-4,14H. The normalized spacial score (nSPS) is 11.5. The van der Waals surface area contributed by atoms with Gasteiger partial charge in [-0.25, -0.2) is 22.2 Å². The zero-order chi connectivity index (χ0) is 13.3. The van der Waals surface area contributed by atoms with Crippen LogP contribution in [-0.2, 0) is 10.0 Å². The minimum Gasteiger partial charge on any atom is -0.279 e. The van der Waals surface area contributed by atoms with Gasteiger partial charge < -0.3 is 0 Å². The Labute approximate surface area is 110 Å². The molecule has 0 saturated carbocycles. The Morgan fingerprint density at radius 1 is 1.22 bits per heavy atom. The third-order valence-corrected chi connectivity index (χ3v) is 4.79. The van der Waals surface area contributed by atoms with Crippen LogP contribution >= 0.6 is 22.9 Å². The number of hydrogen-bond acceptors (Lipinski definition) is 4. The van der Waals surface area contributed by atoms with Gasteiger partial charge in [0.15, 0.2) is 8.68 Å². The number of nitrogens with zero attached hydrogens (tertiary/aromatic N) is 1. The molecule has 0 aliphatic carbocycles. The summed E-state index contributed by atoms with van der Waals surface area (Å²) in [4.78, 5) is 3.58. The number of rotatable bonds is 3. The van der Waals surface area contributed by atoms with Crippen molar-refractivity contribution in [2.45, 2.75) is 4.21 Å². The first kappa shape index (κ1) is 13.2. The average Bonchev–Trinajstić information content (AvgIpc) is 2.62. The van der Waals surface area contributed by atoms with Gasteiger partial charge in [-0.2, -0.15) is 0 Å². The van der Waals surface area contributed by atoms with Crippen molar-refractivity contribution in [3.63, 3.8) is 0 Å². The summed E-state index contributed by atoms with van der Waals surface area (Å²) in [6.07, 6.45) is 1.06. The van der Waals surface area contributed by atoms with Gasteiger partial charge in [0.1, 0.15) is 11.6 Å². The lowest BCUT2D eigenvalue weighted by Gasteiger charge is -2.05. The minimum atomic E-state index is -3.94. The zero-order valence-electron chi connectivity index (χ0n) is 8.52. The molecule has 0 bridgehead atoms. The molecular formula is C9H5ClF2N2O2S2. The van der Waals surface area contributed by atoms with Crippen LogP contribution in [0.3, 0.4) is 0 Å². The molecule has 0 saturated heterocycles. The average molecular weight is 311 g/mol. The molecule has 2 rings (SSSR count). The van der Waals surface area contributed by atoms with Gasteiger partial charge in [-0.15, -0.1) is 0 Å². The van der Waals surface area contributed by atoms with Crippen molar-refractivity contribution in [1.82, 2.24) is 4.98 Å². The molecule has 9 heteroatoms. The molecule has 2 aromatic rings. The summed E-state index contributed by atoms with van der Waals surface area (Å²) >= 11 is 6.25. The summed E-state index contributed by atoms with van der Waals surface area (Å²) < 4.78 is 51.3. The first-order chi connectivity index (χ1) is 8.37. The van der Waals surface area contributed by atoms with E-state index in [0.29, 0.717) is 6.07 Å². The Balaban J connectivity index is 2.33. The van der Waals surface area contributed by atoms with Gasteiger partial charge in [-0.1, -0.05) is 22.9 Å². The highest BCUT2D eigenvalue weighted by Crippen LogP contribution is 2.25. The van der Waals surface area contributed by atoms with E-state index in [1.807, 2.05) is 4.72 Å². The van der Waals surface area contributed by atoms with Gasteiger partial charge in [0.05, 0.1) is 11.9 Å². The molecule has 0 atom stereocenters. The van der Waals surface area contributed by atoms with Crippen molar-refractivity contribution in [2.24, 2.45) is 0 Å². The Morgan fingerprint density at radius 2 is 1.83 bits per heavy atom. The number of halogens is 3. The van der Waals surface area contributed by atoms with E-state index in [4.69, 9.17) is 11.6 Å². The molecule has 18 heavy (non-hydrogen) atoms. The summed E-state index contributed by atoms with van der Waals surface area (Å²) in [5, 5.41) is 0. The lowest BCUT2D eigenvalue weighted by molar-refractivity contribution is 0.584. The second kappa shape index (κ2) is 4.79. The third kappa shape index (κ3) is 2.95. The van der Waals surface area contributed by atoms with Crippen LogP contribution in [0.2, 0.25) is 4.47 Å². The predicted molar refractivity (Wildman–Crippen MR) is 64.3 cm³/mol. The quantitative estimate of drug-likeness (QED) is 0.948. The summed E-state index contributed by atoms with van der Waals surface area (Å²) in [5.74, 6) is -1.76. The fourth-order valence-corrected chi connectivity index (χ4v) is 3.51. The van der Waals surface area contributed by atoms with E-state index in [1.165, 1.54) is 0 Å². The Morgan fingerprint density at radius 3 is 2.33 bits per heavy atom. The topological polar surface area (TPSA) is 59.1 Å². The van der Waals surface area contributed by atoms with Crippen LogP contribution < -0.4 is 4.72 Å². The second-order valence-corrected chi connectivity index (χ2v) is 6.72. The Kier molecular flexibility index (Phi) is 3.51. The van der Waals surface area contributed by atoms with Crippen molar-refractivity contribution < 1.29 is 17.2 Å². The fraction of sp³-hybridized carbons (Fsp3) is 0. The van der Waals surface area contributed by atoms with Gasteiger partial charge in [-0.3, -0.25) is 4.72 Å². The van der Waals surface area contributed by atoms with Crippen LogP contribution in [0.15, 0.2) is 28.6 Å². The van der Waals surface area contributed by atoms with E-state index in [0.717, 1.165) is 29.7 Å². The molecule has 1 aromatic carbocycles. The SMILES string of the molecule is O=S(=O)(Nc1cc(F)cc(F)c1)c1cnc(Cl)s1. The fourth-order valence-electron chi connectivity index (χ4n) is 1.18.